The molecule has 0 heterocycles. The third kappa shape index (κ3) is 9.23. The quantitative estimate of drug-likeness (QED) is 0.145. The van der Waals surface area contributed by atoms with Crippen molar-refractivity contribution in [1.29, 1.82) is 0 Å². The van der Waals surface area contributed by atoms with Crippen LogP contribution in [0.5, 0.6) is 0 Å². The summed E-state index contributed by atoms with van der Waals surface area (Å²) in [6, 6.07) is 0. The molecule has 3 atom stereocenters. The average molecular weight is 463 g/mol. The summed E-state index contributed by atoms with van der Waals surface area (Å²) in [5, 5.41) is 9.66. The lowest BCUT2D eigenvalue weighted by molar-refractivity contribution is -0.146. The largest absolute Gasteiger partial charge is 0.481 e. The number of hydrogen-bond donors (Lipinski definition) is 1. The molecule has 0 saturated heterocycles. The summed E-state index contributed by atoms with van der Waals surface area (Å²) in [6.45, 7) is 15.8. The monoisotopic (exact) mass is 462 g/mol. The van der Waals surface area contributed by atoms with Crippen molar-refractivity contribution < 1.29 is 19.1 Å². The van der Waals surface area contributed by atoms with Gasteiger partial charge in [0, 0.05) is 25.2 Å². The fourth-order valence-electron chi connectivity index (χ4n) is 4.15. The molecule has 1 unspecified atom stereocenters. The maximum absolute atomic E-state index is 11.9. The van der Waals surface area contributed by atoms with E-state index in [9.17, 15) is 14.7 Å². The Labute approximate surface area is 197 Å². The Kier molecular flexibility index (Phi) is 11.4. The first-order chi connectivity index (χ1) is 14.8. The van der Waals surface area contributed by atoms with E-state index in [0.29, 0.717) is 32.1 Å². The van der Waals surface area contributed by atoms with Crippen LogP contribution in [0.2, 0.25) is 18.1 Å². The highest BCUT2D eigenvalue weighted by molar-refractivity contribution is 6.74. The summed E-state index contributed by atoms with van der Waals surface area (Å²) in [6.07, 6.45) is 12.5. The van der Waals surface area contributed by atoms with E-state index in [4.69, 9.17) is 4.43 Å². The van der Waals surface area contributed by atoms with Crippen LogP contribution in [0.15, 0.2) is 12.2 Å². The van der Waals surface area contributed by atoms with Crippen LogP contribution in [-0.4, -0.2) is 30.8 Å². The molecule has 1 rings (SSSR count). The fourth-order valence-corrected chi connectivity index (χ4v) is 5.79. The van der Waals surface area contributed by atoms with Crippen LogP contribution in [0.4, 0.5) is 0 Å². The van der Waals surface area contributed by atoms with Gasteiger partial charge in [-0.2, -0.15) is 0 Å². The minimum atomic E-state index is -1.89. The molecule has 0 bridgehead atoms. The van der Waals surface area contributed by atoms with Gasteiger partial charge >= 0.3 is 5.97 Å². The van der Waals surface area contributed by atoms with Crippen LogP contribution in [0.25, 0.3) is 0 Å². The van der Waals surface area contributed by atoms with Gasteiger partial charge in [0.05, 0.1) is 11.5 Å². The van der Waals surface area contributed by atoms with Gasteiger partial charge in [0.15, 0.2) is 8.32 Å². The molecule has 1 saturated carbocycles. The molecule has 32 heavy (non-hydrogen) atoms. The van der Waals surface area contributed by atoms with Gasteiger partial charge in [-0.05, 0) is 50.7 Å². The van der Waals surface area contributed by atoms with Gasteiger partial charge in [0.25, 0.3) is 0 Å². The standard InChI is InChI=1S/C27H46O4Si/c1-8-9-14-20-27(5,31-32(6,7)26(2,3)4)21-15-12-10-11-13-17-23(25(29)30)22-18-16-19-24(22)28/h15,21-23H,8-9,12-14,16-20H2,1-7H3,(H,29,30)/b21-15+/t22-,23+,27?/m1/s1. The second-order valence-electron chi connectivity index (χ2n) is 11.0. The average Bonchev–Trinajstić information content (AvgIpc) is 3.08. The van der Waals surface area contributed by atoms with Crippen molar-refractivity contribution in [1.82, 2.24) is 0 Å². The van der Waals surface area contributed by atoms with E-state index in [1.54, 1.807) is 0 Å². The number of carbonyl (C=O) groups is 2. The van der Waals surface area contributed by atoms with E-state index >= 15 is 0 Å². The highest BCUT2D eigenvalue weighted by Gasteiger charge is 2.42. The van der Waals surface area contributed by atoms with Crippen LogP contribution in [0.3, 0.4) is 0 Å². The third-order valence-corrected chi connectivity index (χ3v) is 11.7. The lowest BCUT2D eigenvalue weighted by Gasteiger charge is -2.43. The van der Waals surface area contributed by atoms with Gasteiger partial charge in [-0.1, -0.05) is 65.0 Å². The van der Waals surface area contributed by atoms with E-state index in [0.717, 1.165) is 19.3 Å². The topological polar surface area (TPSA) is 63.6 Å². The number of rotatable bonds is 12. The van der Waals surface area contributed by atoms with Crippen LogP contribution < -0.4 is 0 Å². The first kappa shape index (κ1) is 28.6. The summed E-state index contributed by atoms with van der Waals surface area (Å²) in [5.41, 5.74) is -0.281. The highest BCUT2D eigenvalue weighted by atomic mass is 28.4. The fraction of sp³-hybridized carbons (Fsp3) is 0.778. The maximum Gasteiger partial charge on any atom is 0.307 e. The first-order valence-corrected chi connectivity index (χ1v) is 15.3. The van der Waals surface area contributed by atoms with E-state index in [2.05, 4.69) is 71.7 Å². The lowest BCUT2D eigenvalue weighted by atomic mass is 9.86. The molecule has 1 aliphatic carbocycles. The van der Waals surface area contributed by atoms with Crippen molar-refractivity contribution in [3.8, 4) is 11.8 Å². The third-order valence-electron chi connectivity index (χ3n) is 7.12. The normalized spacial score (nSPS) is 20.1. The highest BCUT2D eigenvalue weighted by Crippen LogP contribution is 2.40. The SMILES string of the molecule is CCCCCC(C)(/C=C/CC#CCC[C@H](C(=O)O)[C@H]1CCCC1=O)O[Si](C)(C)C(C)(C)C. The van der Waals surface area contributed by atoms with E-state index in [1.165, 1.54) is 12.8 Å². The molecule has 0 aromatic carbocycles. The zero-order valence-corrected chi connectivity index (χ0v) is 22.6. The van der Waals surface area contributed by atoms with Crippen LogP contribution in [-0.2, 0) is 14.0 Å². The van der Waals surface area contributed by atoms with Gasteiger partial charge < -0.3 is 9.53 Å². The van der Waals surface area contributed by atoms with Crippen LogP contribution in [0.1, 0.15) is 98.8 Å². The van der Waals surface area contributed by atoms with Crippen molar-refractivity contribution in [3.05, 3.63) is 12.2 Å². The van der Waals surface area contributed by atoms with Crippen molar-refractivity contribution in [3.63, 3.8) is 0 Å². The molecule has 182 valence electrons. The Morgan fingerprint density at radius 3 is 2.47 bits per heavy atom. The van der Waals surface area contributed by atoms with Crippen LogP contribution >= 0.6 is 0 Å². The zero-order chi connectivity index (χ0) is 24.4. The molecular weight excluding hydrogens is 416 g/mol. The first-order valence-electron chi connectivity index (χ1n) is 12.4. The molecule has 0 spiro atoms. The van der Waals surface area contributed by atoms with Crippen molar-refractivity contribution >= 4 is 20.1 Å². The number of aliphatic carboxylic acids is 1. The van der Waals surface area contributed by atoms with E-state index in [1.807, 2.05) is 0 Å². The second kappa shape index (κ2) is 12.7. The predicted molar refractivity (Wildman–Crippen MR) is 135 cm³/mol. The molecule has 5 heteroatoms. The molecule has 0 radical (unpaired) electrons. The number of allylic oxidation sites excluding steroid dienone is 1. The van der Waals surface area contributed by atoms with Gasteiger partial charge in [-0.3, -0.25) is 9.59 Å². The summed E-state index contributed by atoms with van der Waals surface area (Å²) in [7, 11) is -1.89. The Morgan fingerprint density at radius 2 is 1.94 bits per heavy atom. The zero-order valence-electron chi connectivity index (χ0n) is 21.6. The number of hydrogen-bond acceptors (Lipinski definition) is 3. The Morgan fingerprint density at radius 1 is 1.25 bits per heavy atom. The molecule has 0 aromatic rings. The smallest absolute Gasteiger partial charge is 0.307 e. The second-order valence-corrected chi connectivity index (χ2v) is 15.8. The molecule has 0 aliphatic heterocycles. The Hall–Kier alpha value is -1.38. The maximum atomic E-state index is 11.9. The number of Topliss-reactive ketones (excluding diaryl/α,β-unsaturated/α-hetero) is 1. The predicted octanol–water partition coefficient (Wildman–Crippen LogP) is 7.15. The molecule has 4 nitrogen and oxygen atoms in total. The van der Waals surface area contributed by atoms with Crippen molar-refractivity contribution in [2.24, 2.45) is 11.8 Å². The van der Waals surface area contributed by atoms with Gasteiger partial charge in [0.2, 0.25) is 0 Å². The summed E-state index contributed by atoms with van der Waals surface area (Å²) in [5.74, 6) is 4.61. The van der Waals surface area contributed by atoms with Gasteiger partial charge in [0.1, 0.15) is 5.78 Å². The van der Waals surface area contributed by atoms with E-state index < -0.39 is 20.2 Å². The number of carboxylic acids is 1. The Bertz CT molecular complexity index is 707. The van der Waals surface area contributed by atoms with Crippen molar-refractivity contribution in [2.75, 3.05) is 0 Å². The van der Waals surface area contributed by atoms with Gasteiger partial charge in [-0.15, -0.1) is 5.92 Å². The number of carboxylic acid groups (broad SMARTS) is 1. The molecule has 0 aromatic heterocycles. The minimum Gasteiger partial charge on any atom is -0.481 e. The van der Waals surface area contributed by atoms with Crippen molar-refractivity contribution in [2.45, 2.75) is 123 Å². The Balaban J connectivity index is 2.68. The number of unbranched alkanes of at least 4 members (excludes halogenated alkanes) is 2. The molecule has 1 N–H and O–H groups in total. The number of carbonyl (C=O) groups excluding carboxylic acids is 1. The summed E-state index contributed by atoms with van der Waals surface area (Å²) < 4.78 is 6.80. The summed E-state index contributed by atoms with van der Waals surface area (Å²) in [4.78, 5) is 23.5. The summed E-state index contributed by atoms with van der Waals surface area (Å²) >= 11 is 0. The molecule has 1 fully saturated rings. The number of ketones is 1. The molecule has 1 aliphatic rings. The van der Waals surface area contributed by atoms with Gasteiger partial charge in [-0.25, -0.2) is 0 Å². The minimum absolute atomic E-state index is 0.109. The molecule has 0 amide bonds. The lowest BCUT2D eigenvalue weighted by Crippen LogP contribution is -2.47. The van der Waals surface area contributed by atoms with E-state index in [-0.39, 0.29) is 22.3 Å². The molecular formula is C27H46O4Si. The van der Waals surface area contributed by atoms with Crippen LogP contribution in [0, 0.1) is 23.7 Å².